The zero-order chi connectivity index (χ0) is 26.9. The molecule has 0 N–H and O–H groups in total. The number of ether oxygens (including phenoxy) is 1. The minimum Gasteiger partial charge on any atom is -0.462 e. The molecule has 0 aromatic carbocycles. The molecule has 0 aromatic rings. The van der Waals surface area contributed by atoms with Crippen LogP contribution in [0.4, 0.5) is 0 Å². The maximum absolute atomic E-state index is 12.6. The first-order chi connectivity index (χ1) is 17.2. The van der Waals surface area contributed by atoms with Gasteiger partial charge in [-0.1, -0.05) is 111 Å². The van der Waals surface area contributed by atoms with Gasteiger partial charge in [0, 0.05) is 26.2 Å². The number of hydrogen-bond acceptors (Lipinski definition) is 5. The highest BCUT2D eigenvalue weighted by Crippen LogP contribution is 2.44. The molecule has 5 nitrogen and oxygen atoms in total. The first-order valence-electron chi connectivity index (χ1n) is 15.4. The highest BCUT2D eigenvalue weighted by Gasteiger charge is 2.52. The minimum absolute atomic E-state index is 0.0764. The van der Waals surface area contributed by atoms with E-state index in [0.717, 1.165) is 25.7 Å². The Morgan fingerprint density at radius 1 is 0.722 bits per heavy atom. The lowest BCUT2D eigenvalue weighted by molar-refractivity contribution is -0.285. The van der Waals surface area contributed by atoms with Crippen molar-refractivity contribution in [2.45, 2.75) is 187 Å². The molecule has 1 heterocycles. The second-order valence-corrected chi connectivity index (χ2v) is 11.8. The van der Waals surface area contributed by atoms with Crippen LogP contribution in [0.3, 0.4) is 0 Å². The molecular weight excluding hydrogens is 450 g/mol. The zero-order valence-corrected chi connectivity index (χ0v) is 24.8. The van der Waals surface area contributed by atoms with E-state index in [1.165, 1.54) is 90.4 Å². The van der Waals surface area contributed by atoms with Crippen LogP contribution in [0.15, 0.2) is 0 Å². The van der Waals surface area contributed by atoms with E-state index in [1.807, 2.05) is 5.06 Å². The van der Waals surface area contributed by atoms with E-state index in [0.29, 0.717) is 19.3 Å². The van der Waals surface area contributed by atoms with Crippen LogP contribution in [-0.2, 0) is 19.2 Å². The predicted octanol–water partition coefficient (Wildman–Crippen LogP) is 9.07. The molecule has 1 rings (SSSR count). The summed E-state index contributed by atoms with van der Waals surface area (Å²) in [6.07, 6.45) is 23.2. The van der Waals surface area contributed by atoms with Crippen molar-refractivity contribution >= 4 is 11.9 Å². The van der Waals surface area contributed by atoms with Crippen molar-refractivity contribution < 1.29 is 19.2 Å². The van der Waals surface area contributed by atoms with E-state index in [9.17, 15) is 9.59 Å². The number of carbonyl (C=O) groups excluding carboxylic acids is 2. The second-order valence-electron chi connectivity index (χ2n) is 11.8. The summed E-state index contributed by atoms with van der Waals surface area (Å²) in [4.78, 5) is 30.0. The van der Waals surface area contributed by atoms with Gasteiger partial charge in [-0.25, -0.2) is 0 Å². The second kappa shape index (κ2) is 18.2. The van der Waals surface area contributed by atoms with Crippen LogP contribution in [0, 0.1) is 0 Å². The van der Waals surface area contributed by atoms with Gasteiger partial charge in [0.1, 0.15) is 6.10 Å². The van der Waals surface area contributed by atoms with E-state index >= 15 is 0 Å². The maximum Gasteiger partial charge on any atom is 0.322 e. The van der Waals surface area contributed by atoms with Gasteiger partial charge in [-0.15, -0.1) is 5.06 Å². The lowest BCUT2D eigenvalue weighted by Crippen LogP contribution is -2.64. The fourth-order valence-corrected chi connectivity index (χ4v) is 6.00. The number of carbonyl (C=O) groups is 2. The van der Waals surface area contributed by atoms with Crippen LogP contribution in [0.25, 0.3) is 0 Å². The third-order valence-corrected chi connectivity index (χ3v) is 8.13. The topological polar surface area (TPSA) is 55.8 Å². The zero-order valence-electron chi connectivity index (χ0n) is 24.8. The SMILES string of the molecule is CCCCCCCCCCCCCCCCCC(=O)OC1CC(C)(C)N(OC(C)=O)C(CC)(CC)C1. The van der Waals surface area contributed by atoms with Gasteiger partial charge in [-0.3, -0.25) is 9.59 Å². The molecule has 1 saturated heterocycles. The Morgan fingerprint density at radius 3 is 1.58 bits per heavy atom. The third-order valence-electron chi connectivity index (χ3n) is 8.13. The van der Waals surface area contributed by atoms with Crippen LogP contribution in [0.5, 0.6) is 0 Å². The summed E-state index contributed by atoms with van der Waals surface area (Å²) in [5.74, 6) is -0.370. The van der Waals surface area contributed by atoms with E-state index in [2.05, 4.69) is 34.6 Å². The molecule has 1 aliphatic rings. The number of hydroxylamine groups is 2. The van der Waals surface area contributed by atoms with Crippen molar-refractivity contribution in [1.82, 2.24) is 5.06 Å². The lowest BCUT2D eigenvalue weighted by atomic mass is 9.75. The van der Waals surface area contributed by atoms with Gasteiger partial charge < -0.3 is 9.57 Å². The van der Waals surface area contributed by atoms with Crippen molar-refractivity contribution in [3.05, 3.63) is 0 Å². The Bertz CT molecular complexity index is 599. The van der Waals surface area contributed by atoms with Gasteiger partial charge in [-0.05, 0) is 33.1 Å². The van der Waals surface area contributed by atoms with E-state index in [1.54, 1.807) is 0 Å². The molecule has 1 atom stereocenters. The molecule has 212 valence electrons. The van der Waals surface area contributed by atoms with E-state index in [-0.39, 0.29) is 29.1 Å². The number of piperidine rings is 1. The molecule has 1 aliphatic heterocycles. The molecule has 36 heavy (non-hydrogen) atoms. The minimum atomic E-state index is -0.379. The summed E-state index contributed by atoms with van der Waals surface area (Å²) in [6.45, 7) is 12.1. The Balaban J connectivity index is 2.18. The van der Waals surface area contributed by atoms with E-state index in [4.69, 9.17) is 9.57 Å². The monoisotopic (exact) mass is 509 g/mol. The van der Waals surface area contributed by atoms with Gasteiger partial charge >= 0.3 is 11.9 Å². The van der Waals surface area contributed by atoms with Crippen LogP contribution in [-0.4, -0.2) is 34.2 Å². The summed E-state index contributed by atoms with van der Waals surface area (Å²) >= 11 is 0. The number of rotatable bonds is 20. The van der Waals surface area contributed by atoms with E-state index < -0.39 is 0 Å². The van der Waals surface area contributed by atoms with Crippen LogP contribution >= 0.6 is 0 Å². The highest BCUT2D eigenvalue weighted by atomic mass is 16.7. The maximum atomic E-state index is 12.6. The molecule has 0 aliphatic carbocycles. The molecular formula is C31H59NO4. The molecule has 5 heteroatoms. The molecule has 0 bridgehead atoms. The molecule has 0 spiro atoms. The summed E-state index contributed by atoms with van der Waals surface area (Å²) in [5.41, 5.74) is -0.678. The predicted molar refractivity (Wildman–Crippen MR) is 150 cm³/mol. The summed E-state index contributed by atoms with van der Waals surface area (Å²) in [6, 6.07) is 0. The standard InChI is InChI=1S/C31H59NO4/c1-7-10-11-12-13-14-15-16-17-18-19-20-21-22-23-24-29(34)35-28-25-30(5,6)32(36-27(4)33)31(8-2,9-3)26-28/h28H,7-26H2,1-6H3. The summed E-state index contributed by atoms with van der Waals surface area (Å²) in [5, 5.41) is 1.89. The lowest BCUT2D eigenvalue weighted by Gasteiger charge is -2.54. The molecule has 0 radical (unpaired) electrons. The number of unbranched alkanes of at least 4 members (excludes halogenated alkanes) is 14. The van der Waals surface area contributed by atoms with Crippen LogP contribution < -0.4 is 0 Å². The Morgan fingerprint density at radius 2 is 1.17 bits per heavy atom. The van der Waals surface area contributed by atoms with Crippen molar-refractivity contribution in [2.75, 3.05) is 0 Å². The van der Waals surface area contributed by atoms with Gasteiger partial charge in [0.05, 0.1) is 11.1 Å². The Kier molecular flexibility index (Phi) is 16.6. The number of hydrogen-bond donors (Lipinski definition) is 0. The fraction of sp³-hybridized carbons (Fsp3) is 0.935. The third kappa shape index (κ3) is 12.4. The van der Waals surface area contributed by atoms with Gasteiger partial charge in [0.2, 0.25) is 0 Å². The van der Waals surface area contributed by atoms with Crippen molar-refractivity contribution in [1.29, 1.82) is 0 Å². The van der Waals surface area contributed by atoms with Crippen LogP contribution in [0.1, 0.15) is 170 Å². The number of nitrogens with zero attached hydrogens (tertiary/aromatic N) is 1. The first kappa shape index (κ1) is 32.9. The molecule has 0 saturated carbocycles. The van der Waals surface area contributed by atoms with Gasteiger partial charge in [-0.2, -0.15) is 0 Å². The molecule has 1 unspecified atom stereocenters. The van der Waals surface area contributed by atoms with Gasteiger partial charge in [0.25, 0.3) is 0 Å². The van der Waals surface area contributed by atoms with Crippen molar-refractivity contribution in [3.8, 4) is 0 Å². The summed E-state index contributed by atoms with van der Waals surface area (Å²) < 4.78 is 5.95. The number of esters is 1. The smallest absolute Gasteiger partial charge is 0.322 e. The quantitative estimate of drug-likeness (QED) is 0.121. The van der Waals surface area contributed by atoms with Gasteiger partial charge in [0.15, 0.2) is 0 Å². The Labute approximate surface area is 223 Å². The highest BCUT2D eigenvalue weighted by molar-refractivity contribution is 5.69. The van der Waals surface area contributed by atoms with Crippen molar-refractivity contribution in [2.24, 2.45) is 0 Å². The average Bonchev–Trinajstić information content (AvgIpc) is 2.82. The van der Waals surface area contributed by atoms with Crippen LogP contribution in [0.2, 0.25) is 0 Å². The average molecular weight is 510 g/mol. The van der Waals surface area contributed by atoms with Crippen molar-refractivity contribution in [3.63, 3.8) is 0 Å². The molecule has 0 aromatic heterocycles. The fourth-order valence-electron chi connectivity index (χ4n) is 6.00. The molecule has 0 amide bonds. The molecule has 1 fully saturated rings. The first-order valence-corrected chi connectivity index (χ1v) is 15.4. The summed E-state index contributed by atoms with van der Waals surface area (Å²) in [7, 11) is 0. The normalized spacial score (nSPS) is 19.2. The largest absolute Gasteiger partial charge is 0.462 e. The Hall–Kier alpha value is -1.10.